The summed E-state index contributed by atoms with van der Waals surface area (Å²) in [5.74, 6) is 0.888. The van der Waals surface area contributed by atoms with E-state index in [9.17, 15) is 0 Å². The lowest BCUT2D eigenvalue weighted by molar-refractivity contribution is 0.673. The molecule has 0 saturated carbocycles. The summed E-state index contributed by atoms with van der Waals surface area (Å²) in [7, 11) is 0. The Morgan fingerprint density at radius 1 is 0.585 bits per heavy atom. The maximum Gasteiger partial charge on any atom is 0.143 e. The van der Waals surface area contributed by atoms with Crippen LogP contribution in [0, 0.1) is 0 Å². The lowest BCUT2D eigenvalue weighted by Crippen LogP contribution is -2.16. The first-order valence-electron chi connectivity index (χ1n) is 13.7. The van der Waals surface area contributed by atoms with Gasteiger partial charge in [-0.3, -0.25) is 4.90 Å². The van der Waals surface area contributed by atoms with E-state index >= 15 is 0 Å². The third-order valence-electron chi connectivity index (χ3n) is 8.04. The van der Waals surface area contributed by atoms with Gasteiger partial charge in [0.25, 0.3) is 0 Å². The number of pyridine rings is 1. The number of fused-ring (bicyclic) bond motifs is 9. The van der Waals surface area contributed by atoms with Crippen molar-refractivity contribution in [2.75, 3.05) is 4.90 Å². The standard InChI is InChI=1S/C37H22N2OS/c1-2-10-23(11-3-1)28-22-34(39-29-14-6-8-16-32(29)41-33-17-9-7-15-30(33)39)38-36-26(28)20-21-31-35(36)27-19-18-24-12-4-5-13-25(24)37(27)40-31/h1-22H. The minimum absolute atomic E-state index is 0.850. The highest BCUT2D eigenvalue weighted by molar-refractivity contribution is 7.99. The Labute approximate surface area is 240 Å². The molecule has 0 aliphatic carbocycles. The summed E-state index contributed by atoms with van der Waals surface area (Å²) in [4.78, 5) is 10.2. The Balaban J connectivity index is 1.42. The van der Waals surface area contributed by atoms with E-state index < -0.39 is 0 Å². The van der Waals surface area contributed by atoms with Gasteiger partial charge in [-0.1, -0.05) is 96.7 Å². The number of rotatable bonds is 2. The minimum Gasteiger partial charge on any atom is -0.455 e. The molecular weight excluding hydrogens is 520 g/mol. The van der Waals surface area contributed by atoms with Crippen molar-refractivity contribution in [2.24, 2.45) is 0 Å². The van der Waals surface area contributed by atoms with Gasteiger partial charge in [0.15, 0.2) is 0 Å². The van der Waals surface area contributed by atoms with Gasteiger partial charge in [0, 0.05) is 25.9 Å². The molecule has 0 saturated heterocycles. The summed E-state index contributed by atoms with van der Waals surface area (Å²) < 4.78 is 6.56. The van der Waals surface area contributed by atoms with E-state index in [0.29, 0.717) is 0 Å². The Morgan fingerprint density at radius 2 is 1.27 bits per heavy atom. The second-order valence-corrected chi connectivity index (χ2v) is 11.5. The molecule has 0 fully saturated rings. The van der Waals surface area contributed by atoms with Gasteiger partial charge < -0.3 is 4.42 Å². The van der Waals surface area contributed by atoms with E-state index in [1.807, 2.05) is 11.8 Å². The molecule has 3 heterocycles. The average molecular weight is 543 g/mol. The number of furan rings is 1. The molecule has 192 valence electrons. The molecule has 0 unspecified atom stereocenters. The van der Waals surface area contributed by atoms with Crippen molar-refractivity contribution in [1.29, 1.82) is 0 Å². The van der Waals surface area contributed by atoms with Crippen LogP contribution in [0.25, 0.3) is 54.7 Å². The molecule has 0 spiro atoms. The Kier molecular flexibility index (Phi) is 4.83. The number of aromatic nitrogens is 1. The highest BCUT2D eigenvalue weighted by Gasteiger charge is 2.27. The van der Waals surface area contributed by atoms with Crippen LogP contribution in [0.15, 0.2) is 148 Å². The van der Waals surface area contributed by atoms with E-state index in [0.717, 1.165) is 66.5 Å². The average Bonchev–Trinajstić information content (AvgIpc) is 3.43. The molecular formula is C37H22N2OS. The van der Waals surface area contributed by atoms with Gasteiger partial charge in [-0.25, -0.2) is 4.98 Å². The number of anilines is 3. The van der Waals surface area contributed by atoms with Gasteiger partial charge in [-0.15, -0.1) is 0 Å². The number of para-hydroxylation sites is 2. The van der Waals surface area contributed by atoms with Crippen LogP contribution in [0.4, 0.5) is 17.2 Å². The molecule has 1 aliphatic rings. The highest BCUT2D eigenvalue weighted by atomic mass is 32.2. The summed E-state index contributed by atoms with van der Waals surface area (Å²) in [6, 6.07) is 47.1. The lowest BCUT2D eigenvalue weighted by Gasteiger charge is -2.32. The van der Waals surface area contributed by atoms with Gasteiger partial charge in [0.2, 0.25) is 0 Å². The Hall–Kier alpha value is -5.06. The van der Waals surface area contributed by atoms with Crippen LogP contribution in [0.2, 0.25) is 0 Å². The highest BCUT2D eigenvalue weighted by Crippen LogP contribution is 2.52. The molecule has 0 atom stereocenters. The lowest BCUT2D eigenvalue weighted by atomic mass is 9.98. The normalized spacial score (nSPS) is 12.7. The number of nitrogens with zero attached hydrogens (tertiary/aromatic N) is 2. The van der Waals surface area contributed by atoms with Crippen LogP contribution in [-0.2, 0) is 0 Å². The van der Waals surface area contributed by atoms with Gasteiger partial charge in [0.05, 0.1) is 22.3 Å². The maximum atomic E-state index is 6.56. The summed E-state index contributed by atoms with van der Waals surface area (Å²) in [6.07, 6.45) is 0. The molecule has 4 heteroatoms. The predicted octanol–water partition coefficient (Wildman–Crippen LogP) is 10.9. The van der Waals surface area contributed by atoms with Gasteiger partial charge in [-0.2, -0.15) is 0 Å². The quantitative estimate of drug-likeness (QED) is 0.217. The number of hydrogen-bond acceptors (Lipinski definition) is 4. The molecule has 0 radical (unpaired) electrons. The monoisotopic (exact) mass is 542 g/mol. The van der Waals surface area contributed by atoms with Gasteiger partial charge in [0.1, 0.15) is 17.0 Å². The van der Waals surface area contributed by atoms with Crippen molar-refractivity contribution < 1.29 is 4.42 Å². The third kappa shape index (κ3) is 3.38. The molecule has 41 heavy (non-hydrogen) atoms. The Morgan fingerprint density at radius 3 is 2.07 bits per heavy atom. The first-order valence-corrected chi connectivity index (χ1v) is 14.5. The van der Waals surface area contributed by atoms with Crippen LogP contribution in [-0.4, -0.2) is 4.98 Å². The SMILES string of the molecule is c1ccc(-c2cc(N3c4ccccc4Sc4ccccc43)nc3c2ccc2oc4c5ccccc5ccc4c23)cc1. The van der Waals surface area contributed by atoms with E-state index in [1.54, 1.807) is 0 Å². The number of benzene rings is 6. The van der Waals surface area contributed by atoms with Crippen LogP contribution in [0.3, 0.4) is 0 Å². The fourth-order valence-corrected chi connectivity index (χ4v) is 7.25. The fourth-order valence-electron chi connectivity index (χ4n) is 6.19. The topological polar surface area (TPSA) is 29.3 Å². The Bertz CT molecular complexity index is 2260. The van der Waals surface area contributed by atoms with E-state index in [4.69, 9.17) is 9.40 Å². The van der Waals surface area contributed by atoms with Crippen LogP contribution < -0.4 is 4.90 Å². The molecule has 9 rings (SSSR count). The molecule has 6 aromatic carbocycles. The van der Waals surface area contributed by atoms with Gasteiger partial charge in [-0.05, 0) is 65.0 Å². The predicted molar refractivity (Wildman–Crippen MR) is 171 cm³/mol. The van der Waals surface area contributed by atoms with Gasteiger partial charge >= 0.3 is 0 Å². The van der Waals surface area contributed by atoms with Crippen molar-refractivity contribution in [1.82, 2.24) is 4.98 Å². The van der Waals surface area contributed by atoms with Crippen molar-refractivity contribution in [2.45, 2.75) is 9.79 Å². The zero-order valence-corrected chi connectivity index (χ0v) is 22.7. The van der Waals surface area contributed by atoms with Crippen molar-refractivity contribution in [3.8, 4) is 11.1 Å². The second-order valence-electron chi connectivity index (χ2n) is 10.4. The molecule has 0 bridgehead atoms. The maximum absolute atomic E-state index is 6.56. The smallest absolute Gasteiger partial charge is 0.143 e. The van der Waals surface area contributed by atoms with Crippen molar-refractivity contribution >= 4 is 72.6 Å². The first kappa shape index (κ1) is 22.7. The largest absolute Gasteiger partial charge is 0.455 e. The molecule has 0 amide bonds. The van der Waals surface area contributed by atoms with E-state index in [2.05, 4.69) is 138 Å². The zero-order valence-electron chi connectivity index (χ0n) is 21.9. The number of hydrogen-bond donors (Lipinski definition) is 0. The van der Waals surface area contributed by atoms with E-state index in [1.165, 1.54) is 15.2 Å². The van der Waals surface area contributed by atoms with Crippen LogP contribution in [0.1, 0.15) is 0 Å². The zero-order chi connectivity index (χ0) is 26.9. The summed E-state index contributed by atoms with van der Waals surface area (Å²) in [5, 5.41) is 5.53. The first-order chi connectivity index (χ1) is 20.3. The van der Waals surface area contributed by atoms with Crippen LogP contribution >= 0.6 is 11.8 Å². The summed E-state index contributed by atoms with van der Waals surface area (Å²) in [6.45, 7) is 0. The van der Waals surface area contributed by atoms with Crippen molar-refractivity contribution in [3.05, 3.63) is 133 Å². The summed E-state index contributed by atoms with van der Waals surface area (Å²) in [5.41, 5.74) is 7.28. The molecule has 3 nitrogen and oxygen atoms in total. The molecule has 1 aliphatic heterocycles. The summed E-state index contributed by atoms with van der Waals surface area (Å²) >= 11 is 1.81. The molecule has 8 aromatic rings. The minimum atomic E-state index is 0.850. The van der Waals surface area contributed by atoms with Crippen molar-refractivity contribution in [3.63, 3.8) is 0 Å². The third-order valence-corrected chi connectivity index (χ3v) is 9.17. The van der Waals surface area contributed by atoms with Crippen LogP contribution in [0.5, 0.6) is 0 Å². The molecule has 2 aromatic heterocycles. The van der Waals surface area contributed by atoms with E-state index in [-0.39, 0.29) is 0 Å². The molecule has 0 N–H and O–H groups in total. The fraction of sp³-hybridized carbons (Fsp3) is 0. The second kappa shape index (κ2) is 8.72.